The maximum absolute atomic E-state index is 12.2. The minimum absolute atomic E-state index is 0.251. The van der Waals surface area contributed by atoms with Gasteiger partial charge in [-0.15, -0.1) is 0 Å². The minimum atomic E-state index is -0.251. The number of aromatic nitrogens is 3. The van der Waals surface area contributed by atoms with Crippen molar-refractivity contribution < 1.29 is 4.79 Å². The molecule has 3 rings (SSSR count). The number of nitrogens with one attached hydrogen (secondary N) is 1. The van der Waals surface area contributed by atoms with E-state index in [9.17, 15) is 4.79 Å². The summed E-state index contributed by atoms with van der Waals surface area (Å²) < 4.78 is 2.71. The fourth-order valence-corrected chi connectivity index (χ4v) is 2.08. The molecule has 0 atom stereocenters. The third-order valence-corrected chi connectivity index (χ3v) is 3.37. The molecule has 6 heteroatoms. The molecule has 0 saturated heterocycles. The summed E-state index contributed by atoms with van der Waals surface area (Å²) in [5.74, 6) is 0.398. The number of anilines is 1. The first kappa shape index (κ1) is 13.5. The molecule has 0 aliphatic heterocycles. The summed E-state index contributed by atoms with van der Waals surface area (Å²) in [6.45, 7) is 0. The highest BCUT2D eigenvalue weighted by atomic mass is 79.9. The molecule has 1 amide bonds. The van der Waals surface area contributed by atoms with Gasteiger partial charge in [-0.05, 0) is 36.4 Å². The van der Waals surface area contributed by atoms with Gasteiger partial charge in [0.1, 0.15) is 17.8 Å². The summed E-state index contributed by atoms with van der Waals surface area (Å²) in [5.41, 5.74) is 1.07. The first-order chi connectivity index (χ1) is 10.2. The van der Waals surface area contributed by atoms with Crippen molar-refractivity contribution in [1.82, 2.24) is 14.5 Å². The lowest BCUT2D eigenvalue weighted by molar-refractivity contribution is 0.102. The number of pyridine rings is 1. The number of imidazole rings is 1. The summed E-state index contributed by atoms with van der Waals surface area (Å²) in [6, 6.07) is 12.7. The summed E-state index contributed by atoms with van der Waals surface area (Å²) in [6.07, 6.45) is 5.08. The van der Waals surface area contributed by atoms with Gasteiger partial charge in [0.15, 0.2) is 0 Å². The molecule has 0 radical (unpaired) electrons. The molecule has 2 heterocycles. The van der Waals surface area contributed by atoms with Gasteiger partial charge in [-0.3, -0.25) is 9.36 Å². The van der Waals surface area contributed by atoms with Crippen LogP contribution in [0.1, 0.15) is 10.5 Å². The number of carbonyl (C=O) groups is 1. The lowest BCUT2D eigenvalue weighted by Gasteiger charge is -2.06. The van der Waals surface area contributed by atoms with Crippen molar-refractivity contribution in [3.63, 3.8) is 0 Å². The Bertz CT molecular complexity index is 754. The Morgan fingerprint density at radius 3 is 2.67 bits per heavy atom. The average molecular weight is 343 g/mol. The van der Waals surface area contributed by atoms with Crippen LogP contribution in [0, 0.1) is 0 Å². The summed E-state index contributed by atoms with van der Waals surface area (Å²) >= 11 is 3.35. The smallest absolute Gasteiger partial charge is 0.274 e. The fourth-order valence-electron chi connectivity index (χ4n) is 1.82. The normalized spacial score (nSPS) is 10.3. The molecule has 0 fully saturated rings. The molecule has 5 nitrogen and oxygen atoms in total. The number of hydrogen-bond acceptors (Lipinski definition) is 3. The average Bonchev–Trinajstić information content (AvgIpc) is 3.04. The van der Waals surface area contributed by atoms with E-state index in [1.165, 1.54) is 0 Å². The summed E-state index contributed by atoms with van der Waals surface area (Å²) in [7, 11) is 0. The topological polar surface area (TPSA) is 59.8 Å². The lowest BCUT2D eigenvalue weighted by Crippen LogP contribution is -2.14. The molecular weight excluding hydrogens is 332 g/mol. The molecule has 0 unspecified atom stereocenters. The van der Waals surface area contributed by atoms with Crippen LogP contribution in [0.4, 0.5) is 5.69 Å². The van der Waals surface area contributed by atoms with Crippen molar-refractivity contribution in [2.24, 2.45) is 0 Å². The predicted octanol–water partition coefficient (Wildman–Crippen LogP) is 3.28. The maximum atomic E-state index is 12.2. The van der Waals surface area contributed by atoms with E-state index in [1.807, 2.05) is 30.3 Å². The first-order valence-corrected chi connectivity index (χ1v) is 7.04. The Balaban J connectivity index is 1.81. The number of halogens is 1. The number of rotatable bonds is 3. The molecule has 0 saturated carbocycles. The second kappa shape index (κ2) is 5.88. The molecule has 21 heavy (non-hydrogen) atoms. The van der Waals surface area contributed by atoms with Gasteiger partial charge in [0.05, 0.1) is 0 Å². The molecule has 0 bridgehead atoms. The van der Waals surface area contributed by atoms with Crippen LogP contribution in [0.2, 0.25) is 0 Å². The van der Waals surface area contributed by atoms with Crippen LogP contribution in [-0.2, 0) is 0 Å². The third-order valence-electron chi connectivity index (χ3n) is 2.84. The van der Waals surface area contributed by atoms with Gasteiger partial charge < -0.3 is 5.32 Å². The molecule has 2 aromatic heterocycles. The Kier molecular flexibility index (Phi) is 3.79. The molecule has 0 aliphatic carbocycles. The number of amides is 1. The van der Waals surface area contributed by atoms with Gasteiger partial charge >= 0.3 is 0 Å². The van der Waals surface area contributed by atoms with Crippen LogP contribution in [0.25, 0.3) is 5.82 Å². The molecule has 1 N–H and O–H groups in total. The zero-order valence-corrected chi connectivity index (χ0v) is 12.5. The van der Waals surface area contributed by atoms with E-state index in [0.29, 0.717) is 11.5 Å². The Labute approximate surface area is 129 Å². The molecular formula is C15H11BrN4O. The molecule has 104 valence electrons. The van der Waals surface area contributed by atoms with Crippen LogP contribution < -0.4 is 5.32 Å². The van der Waals surface area contributed by atoms with Crippen molar-refractivity contribution in [1.29, 1.82) is 0 Å². The van der Waals surface area contributed by atoms with Crippen LogP contribution in [-0.4, -0.2) is 20.4 Å². The van der Waals surface area contributed by atoms with E-state index in [2.05, 4.69) is 31.2 Å². The van der Waals surface area contributed by atoms with E-state index in [4.69, 9.17) is 0 Å². The van der Waals surface area contributed by atoms with Gasteiger partial charge in [0, 0.05) is 22.6 Å². The van der Waals surface area contributed by atoms with Crippen LogP contribution in [0.15, 0.2) is 65.7 Å². The highest BCUT2D eigenvalue weighted by Gasteiger charge is 2.09. The maximum Gasteiger partial charge on any atom is 0.274 e. The highest BCUT2D eigenvalue weighted by Crippen LogP contribution is 2.15. The van der Waals surface area contributed by atoms with Crippen molar-refractivity contribution in [3.8, 4) is 5.82 Å². The quantitative estimate of drug-likeness (QED) is 0.794. The van der Waals surface area contributed by atoms with Crippen LogP contribution in [0.5, 0.6) is 0 Å². The SMILES string of the molecule is O=C(Nc1ccc(Br)cc1)c1cccc(-n2ccnc2)n1. The number of carbonyl (C=O) groups excluding carboxylic acids is 1. The van der Waals surface area contributed by atoms with Gasteiger partial charge in [-0.1, -0.05) is 22.0 Å². The van der Waals surface area contributed by atoms with Crippen molar-refractivity contribution >= 4 is 27.5 Å². The monoisotopic (exact) mass is 342 g/mol. The van der Waals surface area contributed by atoms with Crippen molar-refractivity contribution in [2.75, 3.05) is 5.32 Å². The highest BCUT2D eigenvalue weighted by molar-refractivity contribution is 9.10. The summed E-state index contributed by atoms with van der Waals surface area (Å²) in [4.78, 5) is 20.5. The number of nitrogens with zero attached hydrogens (tertiary/aromatic N) is 3. The zero-order chi connectivity index (χ0) is 14.7. The Morgan fingerprint density at radius 1 is 1.14 bits per heavy atom. The van der Waals surface area contributed by atoms with Gasteiger partial charge in [-0.2, -0.15) is 0 Å². The van der Waals surface area contributed by atoms with Gasteiger partial charge in [0.2, 0.25) is 0 Å². The Morgan fingerprint density at radius 2 is 1.95 bits per heavy atom. The van der Waals surface area contributed by atoms with E-state index >= 15 is 0 Å². The second-order valence-electron chi connectivity index (χ2n) is 4.31. The lowest BCUT2D eigenvalue weighted by atomic mass is 10.3. The van der Waals surface area contributed by atoms with E-state index in [1.54, 1.807) is 35.4 Å². The predicted molar refractivity (Wildman–Crippen MR) is 83.5 cm³/mol. The standard InChI is InChI=1S/C15H11BrN4O/c16-11-4-6-12(7-5-11)18-15(21)13-2-1-3-14(19-13)20-9-8-17-10-20/h1-10H,(H,18,21). The number of benzene rings is 1. The van der Waals surface area contributed by atoms with Crippen molar-refractivity contribution in [3.05, 3.63) is 71.4 Å². The van der Waals surface area contributed by atoms with Gasteiger partial charge in [0.25, 0.3) is 5.91 Å². The van der Waals surface area contributed by atoms with Crippen molar-refractivity contribution in [2.45, 2.75) is 0 Å². The number of hydrogen-bond donors (Lipinski definition) is 1. The molecule has 1 aromatic carbocycles. The minimum Gasteiger partial charge on any atom is -0.321 e. The van der Waals surface area contributed by atoms with Crippen LogP contribution in [0.3, 0.4) is 0 Å². The Hall–Kier alpha value is -2.47. The second-order valence-corrected chi connectivity index (χ2v) is 5.23. The van der Waals surface area contributed by atoms with E-state index in [0.717, 1.165) is 10.2 Å². The van der Waals surface area contributed by atoms with E-state index in [-0.39, 0.29) is 5.91 Å². The third kappa shape index (κ3) is 3.17. The molecule has 0 aliphatic rings. The molecule has 0 spiro atoms. The zero-order valence-electron chi connectivity index (χ0n) is 10.9. The van der Waals surface area contributed by atoms with Gasteiger partial charge in [-0.25, -0.2) is 9.97 Å². The fraction of sp³-hybridized carbons (Fsp3) is 0. The summed E-state index contributed by atoms with van der Waals surface area (Å²) in [5, 5.41) is 2.81. The largest absolute Gasteiger partial charge is 0.321 e. The van der Waals surface area contributed by atoms with Crippen LogP contribution >= 0.6 is 15.9 Å². The first-order valence-electron chi connectivity index (χ1n) is 6.25. The molecule has 3 aromatic rings. The van der Waals surface area contributed by atoms with E-state index < -0.39 is 0 Å².